The van der Waals surface area contributed by atoms with Gasteiger partial charge in [0, 0.05) is 19.0 Å². The highest BCUT2D eigenvalue weighted by atomic mass is 31.3. The third-order valence-electron chi connectivity index (χ3n) is 11.2. The quantitative estimate of drug-likeness (QED) is 0.0140. The minimum absolute atomic E-state index is 0.0271. The molecule has 9 atom stereocenters. The van der Waals surface area contributed by atoms with Crippen molar-refractivity contribution in [2.75, 3.05) is 25.6 Å². The van der Waals surface area contributed by atoms with Gasteiger partial charge in [0.25, 0.3) is 0 Å². The number of phosphoric acid groups is 2. The summed E-state index contributed by atoms with van der Waals surface area (Å²) in [6, 6.07) is 1.23. The summed E-state index contributed by atoms with van der Waals surface area (Å²) in [5.74, 6) is -1.64. The fourth-order valence-corrected chi connectivity index (χ4v) is 9.16. The summed E-state index contributed by atoms with van der Waals surface area (Å²) in [7, 11) is -11.0. The lowest BCUT2D eigenvalue weighted by Crippen LogP contribution is -2.36. The number of ether oxygens (including phenoxy) is 3. The van der Waals surface area contributed by atoms with Crippen molar-refractivity contribution in [1.29, 1.82) is 0 Å². The molecule has 22 heteroatoms. The van der Waals surface area contributed by atoms with E-state index in [1.165, 1.54) is 25.3 Å². The Kier molecular flexibility index (Phi) is 35.0. The molecule has 0 radical (unpaired) electrons. The molecular weight excluding hydrogens is 1000 g/mol. The molecule has 0 spiro atoms. The van der Waals surface area contributed by atoms with Crippen LogP contribution in [0.5, 0.6) is 0 Å². The van der Waals surface area contributed by atoms with Crippen LogP contribution in [0.3, 0.4) is 0 Å². The van der Waals surface area contributed by atoms with Gasteiger partial charge in [-0.1, -0.05) is 125 Å². The van der Waals surface area contributed by atoms with Crippen molar-refractivity contribution < 1.29 is 76.5 Å². The molecule has 2 rings (SSSR count). The number of nitrogen functional groups attached to an aromatic ring is 1. The Balaban J connectivity index is 1.88. The van der Waals surface area contributed by atoms with Gasteiger partial charge in [-0.05, 0) is 96.0 Å². The minimum atomic E-state index is -5.51. The van der Waals surface area contributed by atoms with E-state index in [1.807, 2.05) is 12.2 Å². The topological polar surface area (TPSA) is 306 Å². The van der Waals surface area contributed by atoms with Crippen molar-refractivity contribution in [3.63, 3.8) is 0 Å². The summed E-state index contributed by atoms with van der Waals surface area (Å²) < 4.78 is 56.5. The highest BCUT2D eigenvalue weighted by molar-refractivity contribution is 7.61. The van der Waals surface area contributed by atoms with Gasteiger partial charge >= 0.3 is 33.3 Å². The summed E-state index contributed by atoms with van der Waals surface area (Å²) in [6.45, 7) is 1.70. The summed E-state index contributed by atoms with van der Waals surface area (Å²) in [5.41, 5.74) is 4.56. The lowest BCUT2D eigenvalue weighted by Gasteiger charge is -2.22. The molecule has 0 aliphatic carbocycles. The van der Waals surface area contributed by atoms with Crippen LogP contribution in [0.1, 0.15) is 148 Å². The predicted octanol–water partition coefficient (Wildman–Crippen LogP) is 8.61. The van der Waals surface area contributed by atoms with Crippen LogP contribution < -0.4 is 11.4 Å². The maximum Gasteiger partial charge on any atom is 0.481 e. The molecule has 0 aromatic carbocycles. The second-order valence-electron chi connectivity index (χ2n) is 17.6. The number of rotatable bonds is 41. The van der Waals surface area contributed by atoms with Gasteiger partial charge < -0.3 is 50.2 Å². The summed E-state index contributed by atoms with van der Waals surface area (Å²) >= 11 is 0. The largest absolute Gasteiger partial charge is 0.481 e. The number of nitrogens with two attached hydrogens (primary N) is 1. The van der Waals surface area contributed by atoms with Gasteiger partial charge in [-0.15, -0.1) is 0 Å². The number of carbonyl (C=O) groups excluding carboxylic acids is 2. The van der Waals surface area contributed by atoms with Crippen LogP contribution >= 0.6 is 15.6 Å². The second kappa shape index (κ2) is 39.3. The fourth-order valence-electron chi connectivity index (χ4n) is 7.05. The van der Waals surface area contributed by atoms with E-state index in [0.717, 1.165) is 75.0 Å². The van der Waals surface area contributed by atoms with Gasteiger partial charge in [-0.25, -0.2) is 13.9 Å². The first-order valence-corrected chi connectivity index (χ1v) is 28.8. The number of allylic oxidation sites excluding steroid dienone is 13. The van der Waals surface area contributed by atoms with Gasteiger partial charge in [0.2, 0.25) is 0 Å². The number of phosphoric ester groups is 2. The van der Waals surface area contributed by atoms with E-state index in [9.17, 15) is 53.7 Å². The first-order chi connectivity index (χ1) is 35.5. The highest BCUT2D eigenvalue weighted by Gasteiger charge is 2.46. The molecule has 1 fully saturated rings. The number of anilines is 1. The fraction of sp³-hybridized carbons (Fsp3) is 0.615. The van der Waals surface area contributed by atoms with Crippen molar-refractivity contribution in [2.24, 2.45) is 0 Å². The van der Waals surface area contributed by atoms with Gasteiger partial charge in [-0.2, -0.15) is 9.29 Å². The molecule has 0 amide bonds. The molecule has 1 aliphatic rings. The predicted molar refractivity (Wildman–Crippen MR) is 282 cm³/mol. The normalized spacial score (nSPS) is 20.4. The van der Waals surface area contributed by atoms with Gasteiger partial charge in [-0.3, -0.25) is 23.2 Å². The molecule has 0 saturated carbocycles. The van der Waals surface area contributed by atoms with E-state index in [1.54, 1.807) is 6.08 Å². The smallest absolute Gasteiger partial charge is 0.462 e. The zero-order valence-electron chi connectivity index (χ0n) is 43.1. The monoisotopic (exact) mass is 1080 g/mol. The first-order valence-electron chi connectivity index (χ1n) is 25.8. The Morgan fingerprint density at radius 2 is 1.27 bits per heavy atom. The molecule has 1 aromatic heterocycles. The molecule has 74 heavy (non-hydrogen) atoms. The van der Waals surface area contributed by atoms with Crippen LogP contribution in [0, 0.1) is 0 Å². The van der Waals surface area contributed by atoms with E-state index in [2.05, 4.69) is 90.0 Å². The molecule has 2 heterocycles. The molecule has 1 aliphatic heterocycles. The Bertz CT molecular complexity index is 2110. The van der Waals surface area contributed by atoms with Crippen molar-refractivity contribution >= 4 is 33.4 Å². The number of carbonyl (C=O) groups is 2. The number of unbranched alkanes of at least 4 members (excludes halogenated alkanes) is 7. The summed E-state index contributed by atoms with van der Waals surface area (Å²) in [4.78, 5) is 62.0. The standard InChI is InChI=1S/C52H83N3O17P2/c1-3-5-7-9-11-13-15-17-18-19-20-21-23-25-27-29-31-35-47(58)67-39-42(70-48(59)36-32-34-44(57)43(56)33-30-28-26-24-22-16-14-12-10-8-6-4-2)40-68-73(63,64)72-74(65,66)69-41-45-49(60)50(61)51(71-45)55-38-37-46(53)54-52(55)62/h5,7,11-14,17-18,20-22,24,28,30,37-38,42-45,49-51,56-57,60-61H,3-4,6,8-10,15-16,19,23,25-27,29,31-36,39-41H2,1-2H3,(H,63,64)(H,65,66)(H2,53,54,62)/b7-5-,13-11-,14-12-,18-17-,21-20-,24-22-,30-28-/t42-,43?,44?,45-,49-,50-,51-/m1/s1. The third kappa shape index (κ3) is 31.0. The van der Waals surface area contributed by atoms with Crippen LogP contribution in [0.2, 0.25) is 0 Å². The molecule has 8 N–H and O–H groups in total. The number of aliphatic hydroxyl groups excluding tert-OH is 4. The summed E-state index contributed by atoms with van der Waals surface area (Å²) in [6.07, 6.45) is 33.9. The Hall–Kier alpha value is -4.14. The van der Waals surface area contributed by atoms with E-state index in [-0.39, 0.29) is 37.9 Å². The third-order valence-corrected chi connectivity index (χ3v) is 13.8. The highest BCUT2D eigenvalue weighted by Crippen LogP contribution is 2.60. The number of aromatic nitrogens is 2. The molecular formula is C52H83N3O17P2. The molecule has 1 aromatic rings. The van der Waals surface area contributed by atoms with E-state index in [4.69, 9.17) is 29.0 Å². The maximum absolute atomic E-state index is 12.9. The van der Waals surface area contributed by atoms with Crippen LogP contribution in [-0.2, 0) is 46.3 Å². The van der Waals surface area contributed by atoms with Crippen molar-refractivity contribution in [3.8, 4) is 0 Å². The Morgan fingerprint density at radius 1 is 0.716 bits per heavy atom. The van der Waals surface area contributed by atoms with Gasteiger partial charge in [0.15, 0.2) is 12.3 Å². The number of aliphatic hydroxyl groups is 4. The van der Waals surface area contributed by atoms with E-state index in [0.29, 0.717) is 12.8 Å². The molecule has 20 nitrogen and oxygen atoms in total. The zero-order chi connectivity index (χ0) is 54.5. The van der Waals surface area contributed by atoms with Crippen LogP contribution in [0.4, 0.5) is 5.82 Å². The van der Waals surface area contributed by atoms with Crippen molar-refractivity contribution in [2.45, 2.75) is 185 Å². The van der Waals surface area contributed by atoms with Gasteiger partial charge in [0.1, 0.15) is 30.7 Å². The number of esters is 2. The Labute approximate surface area is 436 Å². The average molecular weight is 1080 g/mol. The second-order valence-corrected chi connectivity index (χ2v) is 20.6. The maximum atomic E-state index is 12.9. The molecule has 0 bridgehead atoms. The van der Waals surface area contributed by atoms with Gasteiger partial charge in [0.05, 0.1) is 25.4 Å². The van der Waals surface area contributed by atoms with Crippen molar-refractivity contribution in [1.82, 2.24) is 9.55 Å². The number of hydrogen-bond donors (Lipinski definition) is 7. The SMILES string of the molecule is CC/C=C\C/C=C\C/C=C\C/C=C\CCCCCCC(=O)OC[C@H](COP(=O)(O)OP(=O)(O)OC[C@H]1O[C@@H](n2ccc(N)nc2=O)[C@H](O)[C@@H]1O)OC(=O)CCCC(O)C(O)C/C=C\C/C=C\C/C=C\CCCCC. The number of hydrogen-bond acceptors (Lipinski definition) is 17. The van der Waals surface area contributed by atoms with E-state index < -0.39 is 95.9 Å². The van der Waals surface area contributed by atoms with Crippen LogP contribution in [0.25, 0.3) is 0 Å². The molecule has 418 valence electrons. The first kappa shape index (κ1) is 66.0. The average Bonchev–Trinajstić information content (AvgIpc) is 3.63. The lowest BCUT2D eigenvalue weighted by molar-refractivity contribution is -0.161. The Morgan fingerprint density at radius 3 is 1.88 bits per heavy atom. The summed E-state index contributed by atoms with van der Waals surface area (Å²) in [5, 5.41) is 41.9. The molecule has 4 unspecified atom stereocenters. The van der Waals surface area contributed by atoms with E-state index >= 15 is 0 Å². The zero-order valence-corrected chi connectivity index (χ0v) is 44.9. The minimum Gasteiger partial charge on any atom is -0.462 e. The number of nitrogens with zero attached hydrogens (tertiary/aromatic N) is 2. The van der Waals surface area contributed by atoms with Crippen molar-refractivity contribution in [3.05, 3.63) is 108 Å². The lowest BCUT2D eigenvalue weighted by atomic mass is 10.0. The van der Waals surface area contributed by atoms with Crippen LogP contribution in [0.15, 0.2) is 102 Å². The van der Waals surface area contributed by atoms with Crippen LogP contribution in [-0.4, -0.2) is 108 Å². The molecule has 1 saturated heterocycles.